The van der Waals surface area contributed by atoms with Crippen molar-refractivity contribution in [1.29, 1.82) is 0 Å². The highest BCUT2D eigenvalue weighted by atomic mass is 32.2. The first-order valence-corrected chi connectivity index (χ1v) is 7.25. The van der Waals surface area contributed by atoms with Crippen molar-refractivity contribution in [3.05, 3.63) is 12.2 Å². The summed E-state index contributed by atoms with van der Waals surface area (Å²) in [5.41, 5.74) is 0.279. The highest BCUT2D eigenvalue weighted by Crippen LogP contribution is 2.64. The van der Waals surface area contributed by atoms with Crippen LogP contribution >= 0.6 is 0 Å². The Morgan fingerprint density at radius 2 is 1.43 bits per heavy atom. The van der Waals surface area contributed by atoms with Crippen LogP contribution < -0.4 is 0 Å². The Morgan fingerprint density at radius 1 is 0.929 bits per heavy atom. The van der Waals surface area contributed by atoms with E-state index in [2.05, 4.69) is 12.2 Å². The monoisotopic (exact) mass is 212 g/mol. The molecule has 0 aromatic rings. The zero-order valence-electron chi connectivity index (χ0n) is 8.33. The van der Waals surface area contributed by atoms with Crippen LogP contribution in [-0.2, 0) is 9.84 Å². The molecule has 3 rings (SSSR count). The van der Waals surface area contributed by atoms with E-state index in [1.54, 1.807) is 0 Å². The smallest absolute Gasteiger partial charge is 0.151 e. The third-order valence-corrected chi connectivity index (χ3v) is 6.60. The van der Waals surface area contributed by atoms with E-state index < -0.39 is 9.84 Å². The van der Waals surface area contributed by atoms with Crippen LogP contribution in [0.15, 0.2) is 12.2 Å². The summed E-state index contributed by atoms with van der Waals surface area (Å²) in [6.07, 6.45) is 9.91. The molecule has 0 spiro atoms. The molecular formula is C11H16O2S. The minimum absolute atomic E-state index is 0.139. The summed E-state index contributed by atoms with van der Waals surface area (Å²) in [7, 11) is -2.75. The summed E-state index contributed by atoms with van der Waals surface area (Å²) >= 11 is 0. The standard InChI is InChI=1S/C11H16O2S/c12-14(13)8-10-4-1-2-5-11(10,9-14)7-3-6-10/h1-2H,3-9H2/t10-,11-/m0/s1. The van der Waals surface area contributed by atoms with Crippen LogP contribution in [-0.4, -0.2) is 19.9 Å². The van der Waals surface area contributed by atoms with Crippen LogP contribution in [0.1, 0.15) is 32.1 Å². The lowest BCUT2D eigenvalue weighted by molar-refractivity contribution is 0.131. The van der Waals surface area contributed by atoms with Crippen molar-refractivity contribution in [3.8, 4) is 0 Å². The zero-order valence-corrected chi connectivity index (χ0v) is 9.15. The second kappa shape index (κ2) is 2.43. The first-order chi connectivity index (χ1) is 6.58. The van der Waals surface area contributed by atoms with Gasteiger partial charge in [-0.25, -0.2) is 8.42 Å². The maximum absolute atomic E-state index is 11.8. The summed E-state index contributed by atoms with van der Waals surface area (Å²) in [5, 5.41) is 0. The molecule has 3 heteroatoms. The summed E-state index contributed by atoms with van der Waals surface area (Å²) in [6, 6.07) is 0. The SMILES string of the molecule is O=S1(=O)C[C@@]23CC=CC[C@]2(CCC3)C1. The highest BCUT2D eigenvalue weighted by Gasteiger charge is 2.62. The quantitative estimate of drug-likeness (QED) is 0.575. The van der Waals surface area contributed by atoms with Crippen molar-refractivity contribution in [3.63, 3.8) is 0 Å². The fourth-order valence-electron chi connectivity index (χ4n) is 4.01. The summed E-state index contributed by atoms with van der Waals surface area (Å²) in [5.74, 6) is 0.925. The fourth-order valence-corrected chi connectivity index (χ4v) is 6.93. The summed E-state index contributed by atoms with van der Waals surface area (Å²) in [4.78, 5) is 0. The minimum Gasteiger partial charge on any atom is -0.229 e. The molecule has 2 atom stereocenters. The number of sulfone groups is 1. The van der Waals surface area contributed by atoms with E-state index in [0.717, 1.165) is 25.7 Å². The van der Waals surface area contributed by atoms with Gasteiger partial charge in [-0.3, -0.25) is 0 Å². The van der Waals surface area contributed by atoms with Gasteiger partial charge in [0.15, 0.2) is 9.84 Å². The van der Waals surface area contributed by atoms with Crippen molar-refractivity contribution < 1.29 is 8.42 Å². The molecule has 1 aliphatic heterocycles. The predicted molar refractivity (Wildman–Crippen MR) is 55.7 cm³/mol. The molecule has 1 heterocycles. The molecule has 78 valence electrons. The molecule has 0 N–H and O–H groups in total. The maximum atomic E-state index is 11.8. The Balaban J connectivity index is 2.14. The van der Waals surface area contributed by atoms with Crippen molar-refractivity contribution >= 4 is 9.84 Å². The average molecular weight is 212 g/mol. The fraction of sp³-hybridized carbons (Fsp3) is 0.818. The van der Waals surface area contributed by atoms with Crippen LogP contribution in [0.2, 0.25) is 0 Å². The van der Waals surface area contributed by atoms with Gasteiger partial charge in [-0.05, 0) is 36.5 Å². The lowest BCUT2D eigenvalue weighted by Gasteiger charge is -2.40. The van der Waals surface area contributed by atoms with E-state index in [4.69, 9.17) is 0 Å². The Bertz CT molecular complexity index is 366. The van der Waals surface area contributed by atoms with Gasteiger partial charge < -0.3 is 0 Å². The Kier molecular flexibility index (Phi) is 1.56. The molecule has 2 aliphatic carbocycles. The topological polar surface area (TPSA) is 34.1 Å². The van der Waals surface area contributed by atoms with E-state index in [1.807, 2.05) is 0 Å². The van der Waals surface area contributed by atoms with Gasteiger partial charge >= 0.3 is 0 Å². The van der Waals surface area contributed by atoms with Gasteiger partial charge in [0, 0.05) is 0 Å². The predicted octanol–water partition coefficient (Wildman–Crippen LogP) is 1.92. The van der Waals surface area contributed by atoms with E-state index in [0.29, 0.717) is 11.5 Å². The normalized spacial score (nSPS) is 48.9. The van der Waals surface area contributed by atoms with Crippen LogP contribution in [0.3, 0.4) is 0 Å². The van der Waals surface area contributed by atoms with Gasteiger partial charge in [-0.15, -0.1) is 0 Å². The molecule has 3 aliphatic rings. The van der Waals surface area contributed by atoms with Gasteiger partial charge in [0.2, 0.25) is 0 Å². The second-order valence-electron chi connectivity index (χ2n) is 5.33. The molecule has 2 fully saturated rings. The number of hydrogen-bond acceptors (Lipinski definition) is 2. The molecule has 0 aromatic carbocycles. The molecule has 0 unspecified atom stereocenters. The number of allylic oxidation sites excluding steroid dienone is 2. The van der Waals surface area contributed by atoms with Crippen molar-refractivity contribution in [1.82, 2.24) is 0 Å². The Hall–Kier alpha value is -0.310. The van der Waals surface area contributed by atoms with Crippen LogP contribution in [0.4, 0.5) is 0 Å². The minimum atomic E-state index is -2.75. The Labute approximate surface area is 85.3 Å². The van der Waals surface area contributed by atoms with Crippen molar-refractivity contribution in [2.75, 3.05) is 11.5 Å². The maximum Gasteiger partial charge on any atom is 0.151 e. The first kappa shape index (κ1) is 8.96. The van der Waals surface area contributed by atoms with E-state index >= 15 is 0 Å². The molecular weight excluding hydrogens is 196 g/mol. The Morgan fingerprint density at radius 3 is 1.93 bits per heavy atom. The number of hydrogen-bond donors (Lipinski definition) is 0. The molecule has 1 saturated heterocycles. The molecule has 14 heavy (non-hydrogen) atoms. The van der Waals surface area contributed by atoms with Crippen molar-refractivity contribution in [2.24, 2.45) is 10.8 Å². The molecule has 2 nitrogen and oxygen atoms in total. The molecule has 0 radical (unpaired) electrons. The molecule has 0 bridgehead atoms. The first-order valence-electron chi connectivity index (χ1n) is 5.43. The zero-order chi connectivity index (χ0) is 9.86. The van der Waals surface area contributed by atoms with E-state index in [-0.39, 0.29) is 10.8 Å². The number of rotatable bonds is 0. The van der Waals surface area contributed by atoms with Gasteiger partial charge in [0.25, 0.3) is 0 Å². The lowest BCUT2D eigenvalue weighted by Crippen LogP contribution is -2.37. The lowest BCUT2D eigenvalue weighted by atomic mass is 9.62. The molecule has 1 saturated carbocycles. The van der Waals surface area contributed by atoms with E-state index in [9.17, 15) is 8.42 Å². The third-order valence-electron chi connectivity index (χ3n) is 4.61. The van der Waals surface area contributed by atoms with Gasteiger partial charge in [0.1, 0.15) is 0 Å². The molecule has 0 amide bonds. The van der Waals surface area contributed by atoms with Gasteiger partial charge in [0.05, 0.1) is 11.5 Å². The summed E-state index contributed by atoms with van der Waals surface area (Å²) < 4.78 is 23.5. The summed E-state index contributed by atoms with van der Waals surface area (Å²) in [6.45, 7) is 0. The van der Waals surface area contributed by atoms with Gasteiger partial charge in [-0.1, -0.05) is 18.6 Å². The van der Waals surface area contributed by atoms with Crippen LogP contribution in [0, 0.1) is 10.8 Å². The highest BCUT2D eigenvalue weighted by molar-refractivity contribution is 7.91. The van der Waals surface area contributed by atoms with Crippen LogP contribution in [0.5, 0.6) is 0 Å². The molecule has 0 aromatic heterocycles. The van der Waals surface area contributed by atoms with E-state index in [1.165, 1.54) is 6.42 Å². The van der Waals surface area contributed by atoms with Crippen molar-refractivity contribution in [2.45, 2.75) is 32.1 Å². The average Bonchev–Trinajstić information content (AvgIpc) is 2.50. The second-order valence-corrected chi connectivity index (χ2v) is 7.39. The third kappa shape index (κ3) is 0.940. The van der Waals surface area contributed by atoms with Gasteiger partial charge in [-0.2, -0.15) is 0 Å². The van der Waals surface area contributed by atoms with Crippen LogP contribution in [0.25, 0.3) is 0 Å². The largest absolute Gasteiger partial charge is 0.229 e.